The topological polar surface area (TPSA) is 46.2 Å². The van der Waals surface area contributed by atoms with Gasteiger partial charge in [-0.25, -0.2) is 0 Å². The van der Waals surface area contributed by atoms with E-state index in [4.69, 9.17) is 10.8 Å². The summed E-state index contributed by atoms with van der Waals surface area (Å²) < 4.78 is 0. The largest absolute Gasteiger partial charge is 0.396 e. The fraction of sp³-hybridized carbons (Fsp3) is 0.455. The summed E-state index contributed by atoms with van der Waals surface area (Å²) in [7, 11) is 0. The molecule has 0 aliphatic carbocycles. The van der Waals surface area contributed by atoms with Crippen LogP contribution in [0.15, 0.2) is 30.3 Å². The van der Waals surface area contributed by atoms with E-state index in [-0.39, 0.29) is 18.1 Å². The summed E-state index contributed by atoms with van der Waals surface area (Å²) in [6, 6.07) is 9.75. The van der Waals surface area contributed by atoms with Crippen LogP contribution in [0, 0.1) is 5.41 Å². The number of nitrogens with two attached hydrogens (primary N) is 1. The number of aliphatic hydroxyl groups is 1. The van der Waals surface area contributed by atoms with E-state index in [1.54, 1.807) is 0 Å². The maximum absolute atomic E-state index is 9.15. The summed E-state index contributed by atoms with van der Waals surface area (Å²) in [4.78, 5) is 0. The molecule has 13 heavy (non-hydrogen) atoms. The highest BCUT2D eigenvalue weighted by atomic mass is 16.3. The number of hydrogen-bond donors (Lipinski definition) is 2. The van der Waals surface area contributed by atoms with E-state index in [9.17, 15) is 0 Å². The summed E-state index contributed by atoms with van der Waals surface area (Å²) in [6.45, 7) is 4.03. The minimum absolute atomic E-state index is 0.100. The van der Waals surface area contributed by atoms with Gasteiger partial charge in [-0.05, 0) is 5.56 Å². The van der Waals surface area contributed by atoms with Crippen molar-refractivity contribution in [1.29, 1.82) is 0 Å². The first-order valence-electron chi connectivity index (χ1n) is 4.49. The third-order valence-electron chi connectivity index (χ3n) is 2.41. The molecule has 1 aromatic rings. The molecule has 0 fully saturated rings. The lowest BCUT2D eigenvalue weighted by atomic mass is 9.82. The Bertz CT molecular complexity index is 256. The van der Waals surface area contributed by atoms with Crippen LogP contribution in [0.5, 0.6) is 0 Å². The van der Waals surface area contributed by atoms with Gasteiger partial charge >= 0.3 is 0 Å². The Balaban J connectivity index is 2.85. The Hall–Kier alpha value is -0.860. The third-order valence-corrected chi connectivity index (χ3v) is 2.41. The Labute approximate surface area is 79.4 Å². The van der Waals surface area contributed by atoms with Crippen molar-refractivity contribution in [1.82, 2.24) is 0 Å². The average Bonchev–Trinajstić information content (AvgIpc) is 2.18. The van der Waals surface area contributed by atoms with Crippen LogP contribution in [0.3, 0.4) is 0 Å². The highest BCUT2D eigenvalue weighted by Gasteiger charge is 2.26. The lowest BCUT2D eigenvalue weighted by Crippen LogP contribution is -2.32. The molecule has 1 unspecified atom stereocenters. The molecule has 72 valence electrons. The van der Waals surface area contributed by atoms with Gasteiger partial charge in [-0.1, -0.05) is 44.2 Å². The molecule has 2 nitrogen and oxygen atoms in total. The molecule has 1 aromatic carbocycles. The Morgan fingerprint density at radius 1 is 1.31 bits per heavy atom. The molecular formula is C11H17NO. The van der Waals surface area contributed by atoms with Gasteiger partial charge in [0, 0.05) is 18.1 Å². The molecule has 1 atom stereocenters. The van der Waals surface area contributed by atoms with Gasteiger partial charge in [-0.2, -0.15) is 0 Å². The third kappa shape index (κ3) is 2.29. The molecular weight excluding hydrogens is 162 g/mol. The zero-order valence-corrected chi connectivity index (χ0v) is 8.20. The molecule has 0 heterocycles. The highest BCUT2D eigenvalue weighted by Crippen LogP contribution is 2.30. The van der Waals surface area contributed by atoms with Gasteiger partial charge in [-0.15, -0.1) is 0 Å². The van der Waals surface area contributed by atoms with Crippen LogP contribution < -0.4 is 5.73 Å². The smallest absolute Gasteiger partial charge is 0.0500 e. The van der Waals surface area contributed by atoms with Crippen LogP contribution in [0.1, 0.15) is 25.5 Å². The molecule has 0 saturated carbocycles. The number of rotatable bonds is 3. The number of benzene rings is 1. The lowest BCUT2D eigenvalue weighted by molar-refractivity contribution is 0.132. The van der Waals surface area contributed by atoms with Crippen LogP contribution in [0.25, 0.3) is 0 Å². The molecule has 0 aliphatic rings. The second kappa shape index (κ2) is 3.90. The molecule has 0 amide bonds. The van der Waals surface area contributed by atoms with Gasteiger partial charge in [0.25, 0.3) is 0 Å². The molecule has 0 bridgehead atoms. The molecule has 0 aromatic heterocycles. The zero-order chi connectivity index (χ0) is 9.90. The predicted octanol–water partition coefficient (Wildman–Crippen LogP) is 1.70. The van der Waals surface area contributed by atoms with Crippen LogP contribution in [-0.2, 0) is 0 Å². The van der Waals surface area contributed by atoms with E-state index in [0.29, 0.717) is 0 Å². The molecule has 0 radical (unpaired) electrons. The summed E-state index contributed by atoms with van der Waals surface area (Å²) >= 11 is 0. The van der Waals surface area contributed by atoms with Crippen molar-refractivity contribution in [3.05, 3.63) is 35.9 Å². The molecule has 1 rings (SSSR count). The van der Waals surface area contributed by atoms with Gasteiger partial charge in [0.15, 0.2) is 0 Å². The van der Waals surface area contributed by atoms with Crippen molar-refractivity contribution in [2.45, 2.75) is 19.9 Å². The molecule has 3 N–H and O–H groups in total. The first-order chi connectivity index (χ1) is 6.08. The predicted molar refractivity (Wildman–Crippen MR) is 54.2 cm³/mol. The van der Waals surface area contributed by atoms with Crippen molar-refractivity contribution in [3.8, 4) is 0 Å². The SMILES string of the molecule is CC(C)(CO)C(N)c1ccccc1. The molecule has 0 spiro atoms. The standard InChI is InChI=1S/C11H17NO/c1-11(2,8-13)10(12)9-6-4-3-5-7-9/h3-7,10,13H,8,12H2,1-2H3. The van der Waals surface area contributed by atoms with Gasteiger partial charge in [-0.3, -0.25) is 0 Å². The van der Waals surface area contributed by atoms with Crippen molar-refractivity contribution in [3.63, 3.8) is 0 Å². The molecule has 0 saturated heterocycles. The van der Waals surface area contributed by atoms with Gasteiger partial charge in [0.05, 0.1) is 0 Å². The quantitative estimate of drug-likeness (QED) is 0.742. The zero-order valence-electron chi connectivity index (χ0n) is 8.20. The minimum atomic E-state index is -0.263. The number of aliphatic hydroxyl groups excluding tert-OH is 1. The maximum Gasteiger partial charge on any atom is 0.0500 e. The van der Waals surface area contributed by atoms with E-state index in [0.717, 1.165) is 5.56 Å². The lowest BCUT2D eigenvalue weighted by Gasteiger charge is -2.29. The summed E-state index contributed by atoms with van der Waals surface area (Å²) in [6.07, 6.45) is 0. The van der Waals surface area contributed by atoms with E-state index in [2.05, 4.69) is 0 Å². The summed E-state index contributed by atoms with van der Waals surface area (Å²) in [5.41, 5.74) is 6.83. The number of hydrogen-bond acceptors (Lipinski definition) is 2. The first kappa shape index (κ1) is 10.2. The van der Waals surface area contributed by atoms with E-state index in [1.807, 2.05) is 44.2 Å². The van der Waals surface area contributed by atoms with Crippen molar-refractivity contribution >= 4 is 0 Å². The van der Waals surface area contributed by atoms with Crippen molar-refractivity contribution in [2.75, 3.05) is 6.61 Å². The van der Waals surface area contributed by atoms with E-state index >= 15 is 0 Å². The summed E-state index contributed by atoms with van der Waals surface area (Å²) in [5, 5.41) is 9.15. The molecule has 2 heteroatoms. The van der Waals surface area contributed by atoms with Gasteiger partial charge < -0.3 is 10.8 Å². The van der Waals surface area contributed by atoms with Crippen molar-refractivity contribution < 1.29 is 5.11 Å². The fourth-order valence-electron chi connectivity index (χ4n) is 1.21. The van der Waals surface area contributed by atoms with Crippen LogP contribution in [0.2, 0.25) is 0 Å². The van der Waals surface area contributed by atoms with E-state index in [1.165, 1.54) is 0 Å². The van der Waals surface area contributed by atoms with Crippen LogP contribution >= 0.6 is 0 Å². The van der Waals surface area contributed by atoms with Crippen LogP contribution in [-0.4, -0.2) is 11.7 Å². The Kier molecular flexibility index (Phi) is 3.07. The molecule has 0 aliphatic heterocycles. The van der Waals surface area contributed by atoms with Crippen LogP contribution in [0.4, 0.5) is 0 Å². The summed E-state index contributed by atoms with van der Waals surface area (Å²) in [5.74, 6) is 0. The maximum atomic E-state index is 9.15. The monoisotopic (exact) mass is 179 g/mol. The Morgan fingerprint density at radius 2 is 1.85 bits per heavy atom. The average molecular weight is 179 g/mol. The van der Waals surface area contributed by atoms with Gasteiger partial charge in [0.1, 0.15) is 0 Å². The highest BCUT2D eigenvalue weighted by molar-refractivity contribution is 5.20. The first-order valence-corrected chi connectivity index (χ1v) is 4.49. The fourth-order valence-corrected chi connectivity index (χ4v) is 1.21. The Morgan fingerprint density at radius 3 is 2.31 bits per heavy atom. The second-order valence-corrected chi connectivity index (χ2v) is 4.04. The second-order valence-electron chi connectivity index (χ2n) is 4.04. The normalized spacial score (nSPS) is 14.2. The van der Waals surface area contributed by atoms with E-state index < -0.39 is 0 Å². The van der Waals surface area contributed by atoms with Crippen molar-refractivity contribution in [2.24, 2.45) is 11.1 Å². The van der Waals surface area contributed by atoms with Gasteiger partial charge in [0.2, 0.25) is 0 Å². The minimum Gasteiger partial charge on any atom is -0.396 e.